The van der Waals surface area contributed by atoms with E-state index >= 15 is 0 Å². The number of ether oxygens (including phenoxy) is 5. The minimum absolute atomic E-state index is 0.132. The molecule has 1 fully saturated rings. The molecule has 2 atom stereocenters. The first kappa shape index (κ1) is 28.9. The van der Waals surface area contributed by atoms with Crippen LogP contribution >= 0.6 is 0 Å². The van der Waals surface area contributed by atoms with Crippen LogP contribution in [0.1, 0.15) is 38.9 Å². The maximum atomic E-state index is 13.6. The Morgan fingerprint density at radius 3 is 1.88 bits per heavy atom. The highest BCUT2D eigenvalue weighted by Gasteiger charge is 2.63. The Hall–Kier alpha value is -3.62. The molecule has 216 valence electrons. The molecule has 0 saturated carbocycles. The molecule has 0 aromatic heterocycles. The number of rotatable bonds is 7. The third-order valence-electron chi connectivity index (χ3n) is 8.64. The van der Waals surface area contributed by atoms with E-state index in [-0.39, 0.29) is 11.5 Å². The van der Waals surface area contributed by atoms with Crippen LogP contribution in [0.2, 0.25) is 11.1 Å². The zero-order chi connectivity index (χ0) is 29.3. The summed E-state index contributed by atoms with van der Waals surface area (Å²) in [6, 6.07) is 27.2. The molecule has 41 heavy (non-hydrogen) atoms. The average molecular weight is 575 g/mol. The number of esters is 2. The van der Waals surface area contributed by atoms with Crippen LogP contribution in [0.5, 0.6) is 11.5 Å². The molecule has 0 radical (unpaired) electrons. The molecule has 3 aromatic rings. The van der Waals surface area contributed by atoms with Gasteiger partial charge >= 0.3 is 11.9 Å². The minimum atomic E-state index is -2.59. The molecule has 3 aromatic carbocycles. The van der Waals surface area contributed by atoms with Crippen molar-refractivity contribution in [3.05, 3.63) is 84.4 Å². The average Bonchev–Trinajstić information content (AvgIpc) is 3.39. The topological polar surface area (TPSA) is 80.3 Å². The van der Waals surface area contributed by atoms with Crippen molar-refractivity contribution in [3.63, 3.8) is 0 Å². The van der Waals surface area contributed by atoms with Crippen molar-refractivity contribution in [2.75, 3.05) is 27.4 Å². The highest BCUT2D eigenvalue weighted by atomic mass is 28.3. The Morgan fingerprint density at radius 1 is 0.829 bits per heavy atom. The lowest BCUT2D eigenvalue weighted by molar-refractivity contribution is -0.173. The summed E-state index contributed by atoms with van der Waals surface area (Å²) in [6.45, 7) is 7.71. The van der Waals surface area contributed by atoms with Crippen LogP contribution in [0.25, 0.3) is 0 Å². The largest absolute Gasteiger partial charge is 0.486 e. The fraction of sp³-hybridized carbons (Fsp3) is 0.394. The number of carbonyl (C=O) groups is 2. The third kappa shape index (κ3) is 4.93. The molecule has 0 amide bonds. The van der Waals surface area contributed by atoms with E-state index < -0.39 is 37.6 Å². The summed E-state index contributed by atoms with van der Waals surface area (Å²) in [6.07, 6.45) is -1.23. The van der Waals surface area contributed by atoms with Crippen LogP contribution in [-0.2, 0) is 23.8 Å². The summed E-state index contributed by atoms with van der Waals surface area (Å²) in [5.74, 6) is -0.177. The van der Waals surface area contributed by atoms with Crippen molar-refractivity contribution in [3.8, 4) is 11.5 Å². The predicted octanol–water partition coefficient (Wildman–Crippen LogP) is 4.68. The molecule has 2 unspecified atom stereocenters. The Balaban J connectivity index is 1.65. The van der Waals surface area contributed by atoms with Gasteiger partial charge in [-0.15, -0.1) is 0 Å². The Bertz CT molecular complexity index is 1330. The van der Waals surface area contributed by atoms with Gasteiger partial charge in [0.25, 0.3) is 0 Å². The summed E-state index contributed by atoms with van der Waals surface area (Å²) in [7, 11) is -0.00466. The zero-order valence-corrected chi connectivity index (χ0v) is 25.3. The van der Waals surface area contributed by atoms with Crippen LogP contribution in [0.3, 0.4) is 0 Å². The smallest absolute Gasteiger partial charge is 0.326 e. The maximum Gasteiger partial charge on any atom is 0.326 e. The van der Waals surface area contributed by atoms with Gasteiger partial charge in [0.05, 0.1) is 20.3 Å². The first-order valence-electron chi connectivity index (χ1n) is 14.0. The number of fused-ring (bicyclic) bond motifs is 1. The number of hydrogen-bond acceptors (Lipinski definition) is 7. The number of hydrogen-bond donors (Lipinski definition) is 0. The molecular weight excluding hydrogens is 536 g/mol. The van der Waals surface area contributed by atoms with Crippen molar-refractivity contribution in [1.82, 2.24) is 0 Å². The van der Waals surface area contributed by atoms with Gasteiger partial charge in [-0.05, 0) is 28.8 Å². The van der Waals surface area contributed by atoms with Crippen LogP contribution in [0.4, 0.5) is 0 Å². The van der Waals surface area contributed by atoms with Crippen molar-refractivity contribution in [2.24, 2.45) is 5.41 Å². The predicted molar refractivity (Wildman–Crippen MR) is 159 cm³/mol. The van der Waals surface area contributed by atoms with Crippen LogP contribution in [-0.4, -0.2) is 53.5 Å². The fourth-order valence-corrected chi connectivity index (χ4v) is 12.3. The number of carbonyl (C=O) groups excluding carboxylic acids is 2. The van der Waals surface area contributed by atoms with E-state index in [2.05, 4.69) is 69.3 Å². The molecule has 0 aliphatic carbocycles. The van der Waals surface area contributed by atoms with Crippen molar-refractivity contribution < 1.29 is 33.3 Å². The van der Waals surface area contributed by atoms with Gasteiger partial charge in [0.2, 0.25) is 0 Å². The zero-order valence-electron chi connectivity index (χ0n) is 24.3. The first-order valence-corrected chi connectivity index (χ1v) is 16.2. The molecule has 8 heteroatoms. The Labute approximate surface area is 242 Å². The van der Waals surface area contributed by atoms with E-state index in [1.54, 1.807) is 12.1 Å². The monoisotopic (exact) mass is 574 g/mol. The first-order chi connectivity index (χ1) is 19.7. The summed E-state index contributed by atoms with van der Waals surface area (Å²) >= 11 is 0. The summed E-state index contributed by atoms with van der Waals surface area (Å²) in [4.78, 5) is 27.2. The van der Waals surface area contributed by atoms with Gasteiger partial charge in [0.1, 0.15) is 27.4 Å². The molecule has 7 nitrogen and oxygen atoms in total. The van der Waals surface area contributed by atoms with Gasteiger partial charge in [-0.3, -0.25) is 9.59 Å². The van der Waals surface area contributed by atoms with Crippen LogP contribution in [0.15, 0.2) is 78.9 Å². The molecule has 1 saturated heterocycles. The lowest BCUT2D eigenvalue weighted by Gasteiger charge is -2.45. The fourth-order valence-electron chi connectivity index (χ4n) is 6.72. The highest BCUT2D eigenvalue weighted by Crippen LogP contribution is 2.54. The van der Waals surface area contributed by atoms with Crippen molar-refractivity contribution >= 4 is 30.4 Å². The van der Waals surface area contributed by atoms with Gasteiger partial charge in [-0.2, -0.15) is 0 Å². The summed E-state index contributed by atoms with van der Waals surface area (Å²) in [5.41, 5.74) is -1.04. The number of benzene rings is 3. The minimum Gasteiger partial charge on any atom is -0.486 e. The molecule has 0 spiro atoms. The third-order valence-corrected chi connectivity index (χ3v) is 14.9. The van der Waals surface area contributed by atoms with Gasteiger partial charge in [0.15, 0.2) is 16.9 Å². The lowest BCUT2D eigenvalue weighted by atomic mass is 9.77. The quantitative estimate of drug-likeness (QED) is 0.230. The maximum absolute atomic E-state index is 13.6. The SMILES string of the molecule is COC(=O)C1(C(=O)OC)CC(C[Si](c2ccccc2)(c2ccccc2)C(C)(C)C)OC1c1ccc2c(c1)OCCO2. The standard InChI is InChI=1S/C33H38O7Si/c1-32(2,3)41(25-12-8-6-9-13-25,26-14-10-7-11-15-26)22-24-21-33(30(34)36-4,31(35)37-5)29(40-24)23-16-17-27-28(20-23)39-19-18-38-27/h6-17,20,24,29H,18-19,21-22H2,1-5H3. The lowest BCUT2D eigenvalue weighted by Crippen LogP contribution is -2.65. The molecule has 2 aliphatic rings. The van der Waals surface area contributed by atoms with Crippen LogP contribution in [0, 0.1) is 5.41 Å². The molecule has 5 rings (SSSR count). The number of methoxy groups -OCH3 is 2. The molecule has 2 aliphatic heterocycles. The second kappa shape index (κ2) is 11.3. The van der Waals surface area contributed by atoms with E-state index in [1.807, 2.05) is 18.2 Å². The highest BCUT2D eigenvalue weighted by molar-refractivity contribution is 7.04. The summed E-state index contributed by atoms with van der Waals surface area (Å²) < 4.78 is 28.9. The normalized spacial score (nSPS) is 19.8. The van der Waals surface area contributed by atoms with E-state index in [1.165, 1.54) is 24.6 Å². The molecule has 0 N–H and O–H groups in total. The second-order valence-electron chi connectivity index (χ2n) is 11.8. The van der Waals surface area contributed by atoms with E-state index in [0.717, 1.165) is 0 Å². The second-order valence-corrected chi connectivity index (χ2v) is 16.7. The molecule has 0 bridgehead atoms. The van der Waals surface area contributed by atoms with E-state index in [0.29, 0.717) is 36.3 Å². The summed E-state index contributed by atoms with van der Waals surface area (Å²) in [5, 5.41) is 2.41. The van der Waals surface area contributed by atoms with Gasteiger partial charge < -0.3 is 23.7 Å². The van der Waals surface area contributed by atoms with Crippen molar-refractivity contribution in [2.45, 2.75) is 50.5 Å². The Morgan fingerprint density at radius 2 is 1.37 bits per heavy atom. The van der Waals surface area contributed by atoms with E-state index in [4.69, 9.17) is 23.7 Å². The van der Waals surface area contributed by atoms with Gasteiger partial charge in [-0.25, -0.2) is 0 Å². The van der Waals surface area contributed by atoms with Gasteiger partial charge in [-0.1, -0.05) is 97.9 Å². The Kier molecular flexibility index (Phi) is 7.99. The molecule has 2 heterocycles. The van der Waals surface area contributed by atoms with E-state index in [9.17, 15) is 9.59 Å². The molecular formula is C33H38O7Si. The van der Waals surface area contributed by atoms with Crippen LogP contribution < -0.4 is 19.8 Å². The van der Waals surface area contributed by atoms with Gasteiger partial charge in [0, 0.05) is 6.42 Å². The van der Waals surface area contributed by atoms with Crippen molar-refractivity contribution in [1.29, 1.82) is 0 Å².